The second kappa shape index (κ2) is 5.14. The lowest BCUT2D eigenvalue weighted by atomic mass is 10.2. The normalized spacial score (nSPS) is 10.3. The number of ether oxygens (including phenoxy) is 1. The summed E-state index contributed by atoms with van der Waals surface area (Å²) in [4.78, 5) is 15.8. The van der Waals surface area contributed by atoms with Crippen LogP contribution >= 0.6 is 11.3 Å². The topological polar surface area (TPSA) is 65.2 Å². The van der Waals surface area contributed by atoms with Crippen molar-refractivity contribution in [3.05, 3.63) is 45.7 Å². The van der Waals surface area contributed by atoms with Gasteiger partial charge < -0.3 is 10.5 Å². The van der Waals surface area contributed by atoms with Crippen LogP contribution < -0.4 is 5.73 Å². The third kappa shape index (κ3) is 2.84. The molecule has 0 aliphatic heterocycles. The molecule has 0 aliphatic rings. The number of hydrogen-bond acceptors (Lipinski definition) is 5. The van der Waals surface area contributed by atoms with Crippen molar-refractivity contribution in [1.82, 2.24) is 4.98 Å². The first-order valence-corrected chi connectivity index (χ1v) is 6.07. The van der Waals surface area contributed by atoms with Gasteiger partial charge in [-0.2, -0.15) is 0 Å². The molecule has 0 atom stereocenters. The Bertz CT molecular complexity index is 583. The van der Waals surface area contributed by atoms with Gasteiger partial charge in [0.15, 0.2) is 0 Å². The first kappa shape index (κ1) is 12.5. The zero-order chi connectivity index (χ0) is 13.1. The molecule has 0 fully saturated rings. The molecule has 6 heteroatoms. The fraction of sp³-hybridized carbons (Fsp3) is 0.167. The van der Waals surface area contributed by atoms with Crippen LogP contribution in [0.4, 0.5) is 10.1 Å². The van der Waals surface area contributed by atoms with E-state index in [9.17, 15) is 9.18 Å². The number of carbonyl (C=O) groups excluding carboxylic acids is 1. The quantitative estimate of drug-likeness (QED) is 0.685. The minimum Gasteiger partial charge on any atom is -0.455 e. The zero-order valence-corrected chi connectivity index (χ0v) is 10.5. The SMILES string of the molecule is Cc1nc(COC(=O)c2cc(N)ccc2F)cs1. The first-order valence-electron chi connectivity index (χ1n) is 5.19. The lowest BCUT2D eigenvalue weighted by Gasteiger charge is -2.04. The third-order valence-corrected chi connectivity index (χ3v) is 3.05. The average Bonchev–Trinajstić information content (AvgIpc) is 2.75. The van der Waals surface area contributed by atoms with E-state index in [0.717, 1.165) is 11.1 Å². The van der Waals surface area contributed by atoms with Gasteiger partial charge in [0.2, 0.25) is 0 Å². The van der Waals surface area contributed by atoms with Crippen LogP contribution in [0, 0.1) is 12.7 Å². The van der Waals surface area contributed by atoms with E-state index in [-0.39, 0.29) is 12.2 Å². The summed E-state index contributed by atoms with van der Waals surface area (Å²) in [5.74, 6) is -1.39. The summed E-state index contributed by atoms with van der Waals surface area (Å²) < 4.78 is 18.4. The van der Waals surface area contributed by atoms with Crippen molar-refractivity contribution < 1.29 is 13.9 Å². The number of esters is 1. The van der Waals surface area contributed by atoms with Crippen molar-refractivity contribution in [2.75, 3.05) is 5.73 Å². The molecule has 0 radical (unpaired) electrons. The Hall–Kier alpha value is -1.95. The summed E-state index contributed by atoms with van der Waals surface area (Å²) in [6.45, 7) is 1.88. The lowest BCUT2D eigenvalue weighted by molar-refractivity contribution is 0.0463. The largest absolute Gasteiger partial charge is 0.455 e. The van der Waals surface area contributed by atoms with E-state index in [0.29, 0.717) is 11.4 Å². The van der Waals surface area contributed by atoms with Gasteiger partial charge >= 0.3 is 5.97 Å². The van der Waals surface area contributed by atoms with E-state index in [2.05, 4.69) is 4.98 Å². The second-order valence-electron chi connectivity index (χ2n) is 3.67. The molecule has 0 bridgehead atoms. The highest BCUT2D eigenvalue weighted by Crippen LogP contribution is 2.15. The van der Waals surface area contributed by atoms with Crippen molar-refractivity contribution in [3.63, 3.8) is 0 Å². The molecule has 2 rings (SSSR count). The van der Waals surface area contributed by atoms with E-state index in [1.807, 2.05) is 6.92 Å². The van der Waals surface area contributed by atoms with Gasteiger partial charge in [-0.3, -0.25) is 0 Å². The number of thiazole rings is 1. The smallest absolute Gasteiger partial charge is 0.341 e. The highest BCUT2D eigenvalue weighted by atomic mass is 32.1. The molecule has 18 heavy (non-hydrogen) atoms. The Labute approximate surface area is 107 Å². The minimum absolute atomic E-state index is 0.0252. The van der Waals surface area contributed by atoms with E-state index in [1.165, 1.54) is 23.5 Å². The molecule has 0 unspecified atom stereocenters. The molecule has 2 N–H and O–H groups in total. The monoisotopic (exact) mass is 266 g/mol. The molecule has 0 saturated carbocycles. The summed E-state index contributed by atoms with van der Waals surface area (Å²) >= 11 is 1.46. The molecule has 2 aromatic rings. The van der Waals surface area contributed by atoms with Crippen LogP contribution in [0.5, 0.6) is 0 Å². The second-order valence-corrected chi connectivity index (χ2v) is 4.74. The van der Waals surface area contributed by atoms with Crippen molar-refractivity contribution in [2.45, 2.75) is 13.5 Å². The zero-order valence-electron chi connectivity index (χ0n) is 9.64. The Morgan fingerprint density at radius 2 is 2.33 bits per heavy atom. The number of aryl methyl sites for hydroxylation is 1. The van der Waals surface area contributed by atoms with Crippen LogP contribution in [0.1, 0.15) is 21.1 Å². The van der Waals surface area contributed by atoms with Gasteiger partial charge in [-0.1, -0.05) is 0 Å². The molecule has 1 heterocycles. The molecular weight excluding hydrogens is 255 g/mol. The van der Waals surface area contributed by atoms with E-state index >= 15 is 0 Å². The van der Waals surface area contributed by atoms with Gasteiger partial charge in [-0.15, -0.1) is 11.3 Å². The molecule has 1 aromatic heterocycles. The predicted octanol–water partition coefficient (Wildman–Crippen LogP) is 2.53. The highest BCUT2D eigenvalue weighted by Gasteiger charge is 2.14. The summed E-state index contributed by atoms with van der Waals surface area (Å²) in [6, 6.07) is 3.78. The van der Waals surface area contributed by atoms with Crippen LogP contribution in [0.25, 0.3) is 0 Å². The summed E-state index contributed by atoms with van der Waals surface area (Å²) in [6.07, 6.45) is 0. The average molecular weight is 266 g/mol. The number of anilines is 1. The van der Waals surface area contributed by atoms with Gasteiger partial charge in [0.1, 0.15) is 12.4 Å². The molecule has 0 spiro atoms. The fourth-order valence-electron chi connectivity index (χ4n) is 1.39. The summed E-state index contributed by atoms with van der Waals surface area (Å²) in [7, 11) is 0. The fourth-order valence-corrected chi connectivity index (χ4v) is 1.99. The highest BCUT2D eigenvalue weighted by molar-refractivity contribution is 7.09. The molecule has 94 valence electrons. The molecule has 1 aromatic carbocycles. The standard InChI is InChI=1S/C12H11FN2O2S/c1-7-15-9(6-18-7)5-17-12(16)10-4-8(14)2-3-11(10)13/h2-4,6H,5,14H2,1H3. The summed E-state index contributed by atoms with van der Waals surface area (Å²) in [5.41, 5.74) is 6.29. The van der Waals surface area contributed by atoms with E-state index in [4.69, 9.17) is 10.5 Å². The van der Waals surface area contributed by atoms with E-state index < -0.39 is 11.8 Å². The van der Waals surface area contributed by atoms with Gasteiger partial charge in [-0.25, -0.2) is 14.2 Å². The van der Waals surface area contributed by atoms with Crippen molar-refractivity contribution in [2.24, 2.45) is 0 Å². The maximum Gasteiger partial charge on any atom is 0.341 e. The van der Waals surface area contributed by atoms with Crippen LogP contribution in [0.3, 0.4) is 0 Å². The Morgan fingerprint density at radius 1 is 1.56 bits per heavy atom. The van der Waals surface area contributed by atoms with Crippen molar-refractivity contribution >= 4 is 23.0 Å². The van der Waals surface area contributed by atoms with Gasteiger partial charge in [-0.05, 0) is 25.1 Å². The number of halogens is 1. The Balaban J connectivity index is 2.05. The number of carbonyl (C=O) groups is 1. The first-order chi connectivity index (χ1) is 8.56. The number of aromatic nitrogens is 1. The lowest BCUT2D eigenvalue weighted by Crippen LogP contribution is -2.08. The predicted molar refractivity (Wildman–Crippen MR) is 66.8 cm³/mol. The molecule has 0 aliphatic carbocycles. The summed E-state index contributed by atoms with van der Waals surface area (Å²) in [5, 5.41) is 2.68. The third-order valence-electron chi connectivity index (χ3n) is 2.23. The molecule has 0 amide bonds. The Morgan fingerprint density at radius 3 is 3.00 bits per heavy atom. The maximum atomic E-state index is 13.4. The van der Waals surface area contributed by atoms with Crippen LogP contribution in [-0.2, 0) is 11.3 Å². The van der Waals surface area contributed by atoms with Gasteiger partial charge in [0, 0.05) is 11.1 Å². The number of nitrogen functional groups attached to an aromatic ring is 1. The van der Waals surface area contributed by atoms with Crippen LogP contribution in [0.15, 0.2) is 23.6 Å². The van der Waals surface area contributed by atoms with Crippen molar-refractivity contribution in [1.29, 1.82) is 0 Å². The van der Waals surface area contributed by atoms with E-state index in [1.54, 1.807) is 5.38 Å². The maximum absolute atomic E-state index is 13.4. The Kier molecular flexibility index (Phi) is 3.57. The van der Waals surface area contributed by atoms with Crippen LogP contribution in [-0.4, -0.2) is 11.0 Å². The minimum atomic E-state index is -0.745. The van der Waals surface area contributed by atoms with Crippen LogP contribution in [0.2, 0.25) is 0 Å². The molecular formula is C12H11FN2O2S. The van der Waals surface area contributed by atoms with Gasteiger partial charge in [0.05, 0.1) is 16.3 Å². The number of rotatable bonds is 3. The number of nitrogens with zero attached hydrogens (tertiary/aromatic N) is 1. The number of hydrogen-bond donors (Lipinski definition) is 1. The number of nitrogens with two attached hydrogens (primary N) is 1. The van der Waals surface area contributed by atoms with Gasteiger partial charge in [0.25, 0.3) is 0 Å². The molecule has 4 nitrogen and oxygen atoms in total. The van der Waals surface area contributed by atoms with Crippen molar-refractivity contribution in [3.8, 4) is 0 Å². The number of benzene rings is 1. The molecule has 0 saturated heterocycles.